The quantitative estimate of drug-likeness (QED) is 0.577. The van der Waals surface area contributed by atoms with E-state index in [1.165, 1.54) is 6.92 Å². The van der Waals surface area contributed by atoms with Gasteiger partial charge in [-0.05, 0) is 43.7 Å². The highest BCUT2D eigenvalue weighted by molar-refractivity contribution is 6.11. The number of rotatable bonds is 5. The van der Waals surface area contributed by atoms with E-state index in [4.69, 9.17) is 9.47 Å². The van der Waals surface area contributed by atoms with Gasteiger partial charge in [0.25, 0.3) is 5.91 Å². The van der Waals surface area contributed by atoms with Gasteiger partial charge in [-0.3, -0.25) is 19.3 Å². The van der Waals surface area contributed by atoms with Crippen LogP contribution >= 0.6 is 0 Å². The molecule has 2 aromatic rings. The lowest BCUT2D eigenvalue weighted by atomic mass is 9.91. The van der Waals surface area contributed by atoms with Gasteiger partial charge in [0.2, 0.25) is 12.7 Å². The lowest BCUT2D eigenvalue weighted by molar-refractivity contribution is -0.133. The van der Waals surface area contributed by atoms with E-state index in [9.17, 15) is 19.2 Å². The van der Waals surface area contributed by atoms with Crippen molar-refractivity contribution in [3.05, 3.63) is 53.6 Å². The van der Waals surface area contributed by atoms with Gasteiger partial charge in [-0.15, -0.1) is 0 Å². The van der Waals surface area contributed by atoms with Crippen LogP contribution in [-0.4, -0.2) is 41.9 Å². The number of ketones is 1. The summed E-state index contributed by atoms with van der Waals surface area (Å²) >= 11 is 0. The maximum Gasteiger partial charge on any atom is 0.325 e. The predicted octanol–water partition coefficient (Wildman–Crippen LogP) is 2.02. The molecule has 4 rings (SSSR count). The number of ether oxygens (including phenoxy) is 2. The van der Waals surface area contributed by atoms with E-state index in [1.54, 1.807) is 49.4 Å². The highest BCUT2D eigenvalue weighted by Crippen LogP contribution is 2.37. The van der Waals surface area contributed by atoms with E-state index < -0.39 is 29.9 Å². The maximum absolute atomic E-state index is 13.0. The number of benzene rings is 2. The van der Waals surface area contributed by atoms with Gasteiger partial charge in [-0.1, -0.05) is 18.2 Å². The van der Waals surface area contributed by atoms with E-state index in [0.29, 0.717) is 28.3 Å². The average Bonchev–Trinajstić information content (AvgIpc) is 3.26. The third-order valence-corrected chi connectivity index (χ3v) is 5.11. The summed E-state index contributed by atoms with van der Waals surface area (Å²) in [5.41, 5.74) is -0.181. The van der Waals surface area contributed by atoms with Crippen LogP contribution in [0.5, 0.6) is 11.5 Å². The summed E-state index contributed by atoms with van der Waals surface area (Å²) in [6, 6.07) is 10.8. The number of anilines is 1. The predicted molar refractivity (Wildman–Crippen MR) is 105 cm³/mol. The van der Waals surface area contributed by atoms with Gasteiger partial charge in [-0.2, -0.15) is 0 Å². The van der Waals surface area contributed by atoms with Crippen LogP contribution in [0.15, 0.2) is 42.5 Å². The molecule has 2 heterocycles. The zero-order chi connectivity index (χ0) is 21.5. The van der Waals surface area contributed by atoms with E-state index in [2.05, 4.69) is 10.6 Å². The van der Waals surface area contributed by atoms with Crippen LogP contribution in [0.3, 0.4) is 0 Å². The number of para-hydroxylation sites is 1. The molecule has 1 saturated heterocycles. The molecule has 154 valence electrons. The van der Waals surface area contributed by atoms with E-state index in [-0.39, 0.29) is 12.6 Å². The van der Waals surface area contributed by atoms with Gasteiger partial charge < -0.3 is 20.1 Å². The summed E-state index contributed by atoms with van der Waals surface area (Å²) in [4.78, 5) is 50.6. The molecular formula is C21H19N3O6. The lowest BCUT2D eigenvalue weighted by Gasteiger charge is -2.22. The molecular weight excluding hydrogens is 390 g/mol. The van der Waals surface area contributed by atoms with Crippen molar-refractivity contribution < 1.29 is 28.7 Å². The minimum atomic E-state index is -1.35. The maximum atomic E-state index is 13.0. The second-order valence-corrected chi connectivity index (χ2v) is 7.16. The molecule has 0 aromatic heterocycles. The molecule has 9 heteroatoms. The lowest BCUT2D eigenvalue weighted by Crippen LogP contribution is -2.42. The molecule has 30 heavy (non-hydrogen) atoms. The van der Waals surface area contributed by atoms with Gasteiger partial charge >= 0.3 is 6.03 Å². The van der Waals surface area contributed by atoms with Crippen molar-refractivity contribution in [1.29, 1.82) is 0 Å². The van der Waals surface area contributed by atoms with Crippen LogP contribution in [0.25, 0.3) is 0 Å². The second-order valence-electron chi connectivity index (χ2n) is 7.16. The van der Waals surface area contributed by atoms with Crippen LogP contribution in [0, 0.1) is 0 Å². The number of fused-ring (bicyclic) bond motifs is 1. The second kappa shape index (κ2) is 7.18. The molecule has 2 aliphatic heterocycles. The fourth-order valence-corrected chi connectivity index (χ4v) is 3.48. The normalized spacial score (nSPS) is 19.6. The van der Waals surface area contributed by atoms with Gasteiger partial charge in [0.05, 0.1) is 5.69 Å². The third-order valence-electron chi connectivity index (χ3n) is 5.11. The van der Waals surface area contributed by atoms with Gasteiger partial charge in [0.15, 0.2) is 17.3 Å². The largest absolute Gasteiger partial charge is 0.454 e. The molecule has 0 spiro atoms. The first-order valence-corrected chi connectivity index (χ1v) is 9.23. The zero-order valence-electron chi connectivity index (χ0n) is 16.4. The standard InChI is InChI=1S/C21H19N3O6/c1-12(25)14-5-3-4-6-15(14)22-18(26)10-24-19(27)21(2,23-20(24)28)13-7-8-16-17(9-13)30-11-29-16/h3-9H,10-11H2,1-2H3,(H,22,26)(H,23,28)/t21-/m0/s1. The summed E-state index contributed by atoms with van der Waals surface area (Å²) in [5.74, 6) is -0.341. The Morgan fingerprint density at radius 1 is 1.13 bits per heavy atom. The van der Waals surface area contributed by atoms with Crippen molar-refractivity contribution in [2.24, 2.45) is 0 Å². The molecule has 2 N–H and O–H groups in total. The van der Waals surface area contributed by atoms with Gasteiger partial charge in [0, 0.05) is 5.56 Å². The first kappa shape index (κ1) is 19.4. The zero-order valence-corrected chi connectivity index (χ0v) is 16.4. The number of amides is 4. The van der Waals surface area contributed by atoms with Crippen LogP contribution in [-0.2, 0) is 15.1 Å². The number of carbonyl (C=O) groups excluding carboxylic acids is 4. The topological polar surface area (TPSA) is 114 Å². The summed E-state index contributed by atoms with van der Waals surface area (Å²) in [6.45, 7) is 2.55. The Morgan fingerprint density at radius 2 is 1.87 bits per heavy atom. The Labute approximate surface area is 171 Å². The first-order valence-electron chi connectivity index (χ1n) is 9.23. The van der Waals surface area contributed by atoms with Crippen LogP contribution in [0.1, 0.15) is 29.8 Å². The Hall–Kier alpha value is -3.88. The fraction of sp³-hybridized carbons (Fsp3) is 0.238. The molecule has 4 amide bonds. The Kier molecular flexibility index (Phi) is 4.65. The number of carbonyl (C=O) groups is 4. The number of hydrogen-bond acceptors (Lipinski definition) is 6. The van der Waals surface area contributed by atoms with Crippen LogP contribution in [0.4, 0.5) is 10.5 Å². The van der Waals surface area contributed by atoms with E-state index in [0.717, 1.165) is 4.90 Å². The minimum absolute atomic E-state index is 0.0871. The summed E-state index contributed by atoms with van der Waals surface area (Å²) in [6.07, 6.45) is 0. The van der Waals surface area contributed by atoms with Crippen molar-refractivity contribution in [2.75, 3.05) is 18.7 Å². The molecule has 0 unspecified atom stereocenters. The summed E-state index contributed by atoms with van der Waals surface area (Å²) in [5, 5.41) is 5.23. The van der Waals surface area contributed by atoms with E-state index in [1.807, 2.05) is 0 Å². The Bertz CT molecular complexity index is 1080. The molecule has 9 nitrogen and oxygen atoms in total. The number of nitrogens with zero attached hydrogens (tertiary/aromatic N) is 1. The van der Waals surface area contributed by atoms with Crippen molar-refractivity contribution in [2.45, 2.75) is 19.4 Å². The highest BCUT2D eigenvalue weighted by atomic mass is 16.7. The molecule has 2 aliphatic rings. The Morgan fingerprint density at radius 3 is 2.63 bits per heavy atom. The minimum Gasteiger partial charge on any atom is -0.454 e. The number of Topliss-reactive ketones (excluding diaryl/α,β-unsaturated/α-hetero) is 1. The van der Waals surface area contributed by atoms with Crippen molar-refractivity contribution in [1.82, 2.24) is 10.2 Å². The highest BCUT2D eigenvalue weighted by Gasteiger charge is 2.49. The summed E-state index contributed by atoms with van der Waals surface area (Å²) in [7, 11) is 0. The molecule has 1 fully saturated rings. The van der Waals surface area contributed by atoms with Crippen molar-refractivity contribution in [3.8, 4) is 11.5 Å². The van der Waals surface area contributed by atoms with Crippen molar-refractivity contribution in [3.63, 3.8) is 0 Å². The first-order chi connectivity index (χ1) is 14.3. The number of hydrogen-bond donors (Lipinski definition) is 2. The monoisotopic (exact) mass is 409 g/mol. The number of imide groups is 1. The number of urea groups is 1. The molecule has 1 atom stereocenters. The Balaban J connectivity index is 1.52. The van der Waals surface area contributed by atoms with Gasteiger partial charge in [-0.25, -0.2) is 4.79 Å². The molecule has 2 aromatic carbocycles. The number of nitrogens with one attached hydrogen (secondary N) is 2. The van der Waals surface area contributed by atoms with E-state index >= 15 is 0 Å². The third kappa shape index (κ3) is 3.24. The molecule has 0 radical (unpaired) electrons. The van der Waals surface area contributed by atoms with Gasteiger partial charge in [0.1, 0.15) is 12.1 Å². The van der Waals surface area contributed by atoms with Crippen molar-refractivity contribution >= 4 is 29.3 Å². The molecule has 0 aliphatic carbocycles. The van der Waals surface area contributed by atoms with Crippen LogP contribution < -0.4 is 20.1 Å². The smallest absolute Gasteiger partial charge is 0.325 e. The average molecular weight is 409 g/mol. The SMILES string of the molecule is CC(=O)c1ccccc1NC(=O)CN1C(=O)N[C@@](C)(c2ccc3c(c2)OCO3)C1=O. The molecule has 0 bridgehead atoms. The van der Waals surface area contributed by atoms with Crippen LogP contribution in [0.2, 0.25) is 0 Å². The molecule has 0 saturated carbocycles. The fourth-order valence-electron chi connectivity index (χ4n) is 3.48. The summed E-state index contributed by atoms with van der Waals surface area (Å²) < 4.78 is 10.6.